The van der Waals surface area contributed by atoms with E-state index in [4.69, 9.17) is 9.26 Å². The predicted molar refractivity (Wildman–Crippen MR) is 116 cm³/mol. The molecule has 31 heavy (non-hydrogen) atoms. The van der Waals surface area contributed by atoms with Gasteiger partial charge in [-0.25, -0.2) is 0 Å². The topological polar surface area (TPSA) is 106 Å². The summed E-state index contributed by atoms with van der Waals surface area (Å²) in [5.74, 6) is 1.39. The summed E-state index contributed by atoms with van der Waals surface area (Å²) in [6.07, 6.45) is 0.565. The molecule has 3 rings (SSSR count). The number of hydrogen-bond donors (Lipinski definition) is 2. The maximum atomic E-state index is 12.2. The molecule has 0 spiro atoms. The Morgan fingerprint density at radius 2 is 1.87 bits per heavy atom. The van der Waals surface area contributed by atoms with Crippen LogP contribution in [0, 0.1) is 0 Å². The van der Waals surface area contributed by atoms with Crippen LogP contribution in [0.5, 0.6) is 5.75 Å². The summed E-state index contributed by atoms with van der Waals surface area (Å²) in [7, 11) is 0. The van der Waals surface area contributed by atoms with Crippen LogP contribution in [0.25, 0.3) is 11.4 Å². The molecule has 162 valence electrons. The second kappa shape index (κ2) is 10.9. The third kappa shape index (κ3) is 6.40. The van der Waals surface area contributed by atoms with Crippen LogP contribution in [-0.4, -0.2) is 35.1 Å². The van der Waals surface area contributed by atoms with Crippen molar-refractivity contribution in [3.8, 4) is 17.1 Å². The second-order valence-electron chi connectivity index (χ2n) is 6.81. The minimum Gasteiger partial charge on any atom is -0.494 e. The van der Waals surface area contributed by atoms with Gasteiger partial charge in [0.15, 0.2) is 0 Å². The van der Waals surface area contributed by atoms with Gasteiger partial charge in [0.05, 0.1) is 6.61 Å². The van der Waals surface area contributed by atoms with E-state index in [1.165, 1.54) is 0 Å². The summed E-state index contributed by atoms with van der Waals surface area (Å²) in [4.78, 5) is 28.5. The number of nitrogens with zero attached hydrogens (tertiary/aromatic N) is 2. The summed E-state index contributed by atoms with van der Waals surface area (Å²) in [6, 6.07) is 14.6. The molecule has 0 aliphatic carbocycles. The number of aryl methyl sites for hydroxylation is 1. The van der Waals surface area contributed by atoms with Crippen LogP contribution in [0.2, 0.25) is 0 Å². The highest BCUT2D eigenvalue weighted by Crippen LogP contribution is 2.20. The van der Waals surface area contributed by atoms with Crippen molar-refractivity contribution in [2.75, 3.05) is 13.2 Å². The van der Waals surface area contributed by atoms with Gasteiger partial charge in [-0.05, 0) is 55.8 Å². The minimum atomic E-state index is -0.135. The summed E-state index contributed by atoms with van der Waals surface area (Å²) < 4.78 is 10.7. The van der Waals surface area contributed by atoms with Crippen molar-refractivity contribution in [1.29, 1.82) is 0 Å². The Morgan fingerprint density at radius 3 is 2.61 bits per heavy atom. The highest BCUT2D eigenvalue weighted by atomic mass is 16.5. The fourth-order valence-corrected chi connectivity index (χ4v) is 2.94. The van der Waals surface area contributed by atoms with Gasteiger partial charge in [-0.3, -0.25) is 9.59 Å². The molecule has 2 amide bonds. The van der Waals surface area contributed by atoms with E-state index in [9.17, 15) is 9.59 Å². The first-order valence-corrected chi connectivity index (χ1v) is 10.3. The molecule has 1 heterocycles. The van der Waals surface area contributed by atoms with Crippen LogP contribution in [0.1, 0.15) is 42.1 Å². The number of nitrogens with one attached hydrogen (secondary N) is 2. The molecule has 8 heteroatoms. The lowest BCUT2D eigenvalue weighted by molar-refractivity contribution is -0.121. The Morgan fingerprint density at radius 1 is 1.06 bits per heavy atom. The van der Waals surface area contributed by atoms with Crippen molar-refractivity contribution >= 4 is 11.8 Å². The van der Waals surface area contributed by atoms with E-state index >= 15 is 0 Å². The van der Waals surface area contributed by atoms with Gasteiger partial charge < -0.3 is 19.9 Å². The smallest absolute Gasteiger partial charge is 0.251 e. The van der Waals surface area contributed by atoms with Gasteiger partial charge in [-0.2, -0.15) is 4.98 Å². The van der Waals surface area contributed by atoms with Gasteiger partial charge in [0.1, 0.15) is 5.75 Å². The Kier molecular flexibility index (Phi) is 7.75. The van der Waals surface area contributed by atoms with Crippen LogP contribution < -0.4 is 15.4 Å². The zero-order valence-corrected chi connectivity index (χ0v) is 17.7. The Hall–Kier alpha value is -3.68. The summed E-state index contributed by atoms with van der Waals surface area (Å²) in [6.45, 7) is 5.31. The molecular weight excluding hydrogens is 396 g/mol. The fourth-order valence-electron chi connectivity index (χ4n) is 2.94. The number of rotatable bonds is 10. The first-order valence-electron chi connectivity index (χ1n) is 10.3. The summed E-state index contributed by atoms with van der Waals surface area (Å²) >= 11 is 0. The first-order chi connectivity index (χ1) is 15.1. The molecule has 8 nitrogen and oxygen atoms in total. The van der Waals surface area contributed by atoms with Gasteiger partial charge >= 0.3 is 0 Å². The first kappa shape index (κ1) is 22.0. The van der Waals surface area contributed by atoms with Crippen LogP contribution in [0.4, 0.5) is 0 Å². The zero-order valence-electron chi connectivity index (χ0n) is 17.7. The summed E-state index contributed by atoms with van der Waals surface area (Å²) in [5, 5.41) is 9.59. The van der Waals surface area contributed by atoms with Gasteiger partial charge in [-0.15, -0.1) is 0 Å². The summed E-state index contributed by atoms with van der Waals surface area (Å²) in [5.41, 5.74) is 2.24. The van der Waals surface area contributed by atoms with Crippen LogP contribution in [0.3, 0.4) is 0 Å². The molecule has 0 aliphatic heterocycles. The average Bonchev–Trinajstić information content (AvgIpc) is 3.26. The fraction of sp³-hybridized carbons (Fsp3) is 0.304. The molecular formula is C23H26N4O4. The van der Waals surface area contributed by atoms with Gasteiger partial charge in [0, 0.05) is 37.1 Å². The number of hydrogen-bond acceptors (Lipinski definition) is 6. The lowest BCUT2D eigenvalue weighted by Crippen LogP contribution is -2.24. The number of benzene rings is 2. The molecule has 0 fully saturated rings. The highest BCUT2D eigenvalue weighted by molar-refractivity contribution is 5.94. The Balaban J connectivity index is 1.48. The van der Waals surface area contributed by atoms with Crippen molar-refractivity contribution in [3.05, 3.63) is 65.5 Å². The van der Waals surface area contributed by atoms with E-state index in [1.54, 1.807) is 18.2 Å². The van der Waals surface area contributed by atoms with E-state index in [1.807, 2.05) is 44.2 Å². The van der Waals surface area contributed by atoms with Crippen molar-refractivity contribution in [2.24, 2.45) is 0 Å². The molecule has 2 aromatic carbocycles. The normalized spacial score (nSPS) is 10.5. The highest BCUT2D eigenvalue weighted by Gasteiger charge is 2.11. The number of carbonyl (C=O) groups excluding carboxylic acids is 2. The SMILES string of the molecule is CCNC(=O)c1cccc(CNC(=O)CCc2nc(-c3ccc(OCC)cc3)no2)c1. The Bertz CT molecular complexity index is 1010. The third-order valence-corrected chi connectivity index (χ3v) is 4.47. The number of carbonyl (C=O) groups is 2. The molecule has 0 atom stereocenters. The number of ether oxygens (including phenoxy) is 1. The molecule has 2 N–H and O–H groups in total. The lowest BCUT2D eigenvalue weighted by Gasteiger charge is -2.07. The van der Waals surface area contributed by atoms with E-state index in [-0.39, 0.29) is 18.2 Å². The van der Waals surface area contributed by atoms with Gasteiger partial charge in [0.25, 0.3) is 5.91 Å². The molecule has 0 unspecified atom stereocenters. The van der Waals surface area contributed by atoms with Crippen molar-refractivity contribution in [3.63, 3.8) is 0 Å². The van der Waals surface area contributed by atoms with Crippen molar-refractivity contribution in [1.82, 2.24) is 20.8 Å². The number of amides is 2. The van der Waals surface area contributed by atoms with Gasteiger partial charge in [-0.1, -0.05) is 17.3 Å². The molecule has 1 aromatic heterocycles. The zero-order chi connectivity index (χ0) is 22.1. The monoisotopic (exact) mass is 422 g/mol. The molecule has 0 radical (unpaired) electrons. The van der Waals surface area contributed by atoms with Gasteiger partial charge in [0.2, 0.25) is 17.6 Å². The van der Waals surface area contributed by atoms with E-state index in [2.05, 4.69) is 20.8 Å². The maximum absolute atomic E-state index is 12.2. The molecule has 0 saturated heterocycles. The van der Waals surface area contributed by atoms with Crippen LogP contribution in [0.15, 0.2) is 53.1 Å². The van der Waals surface area contributed by atoms with Crippen LogP contribution in [-0.2, 0) is 17.8 Å². The van der Waals surface area contributed by atoms with Crippen molar-refractivity contribution < 1.29 is 18.8 Å². The largest absolute Gasteiger partial charge is 0.494 e. The van der Waals surface area contributed by atoms with Crippen LogP contribution >= 0.6 is 0 Å². The molecule has 0 bridgehead atoms. The molecule has 0 saturated carbocycles. The number of aromatic nitrogens is 2. The third-order valence-electron chi connectivity index (χ3n) is 4.47. The standard InChI is InChI=1S/C23H26N4O4/c1-3-24-23(29)18-7-5-6-16(14-18)15-25-20(28)12-13-21-26-22(27-31-21)17-8-10-19(11-9-17)30-4-2/h5-11,14H,3-4,12-13,15H2,1-2H3,(H,24,29)(H,25,28). The minimum absolute atomic E-state index is 0.129. The second-order valence-corrected chi connectivity index (χ2v) is 6.81. The molecule has 0 aliphatic rings. The average molecular weight is 422 g/mol. The lowest BCUT2D eigenvalue weighted by atomic mass is 10.1. The Labute approximate surface area is 181 Å². The predicted octanol–water partition coefficient (Wildman–Crippen LogP) is 3.13. The van der Waals surface area contributed by atoms with E-state index < -0.39 is 0 Å². The van der Waals surface area contributed by atoms with Crippen molar-refractivity contribution in [2.45, 2.75) is 33.2 Å². The van der Waals surface area contributed by atoms with E-state index in [0.717, 1.165) is 16.9 Å². The quantitative estimate of drug-likeness (QED) is 0.520. The molecule has 3 aromatic rings. The van der Waals surface area contributed by atoms with E-state index in [0.29, 0.717) is 43.4 Å². The maximum Gasteiger partial charge on any atom is 0.251 e.